The molecule has 17 heavy (non-hydrogen) atoms. The summed E-state index contributed by atoms with van der Waals surface area (Å²) in [4.78, 5) is 0. The summed E-state index contributed by atoms with van der Waals surface area (Å²) in [5.41, 5.74) is 11.7. The maximum Gasteiger partial charge on any atom is 0.0672 e. The first-order chi connectivity index (χ1) is 8.13. The van der Waals surface area contributed by atoms with Crippen molar-refractivity contribution >= 4 is 0 Å². The van der Waals surface area contributed by atoms with E-state index >= 15 is 0 Å². The van der Waals surface area contributed by atoms with Crippen molar-refractivity contribution in [3.05, 3.63) is 41.2 Å². The molecule has 0 aliphatic carbocycles. The van der Waals surface area contributed by atoms with E-state index in [0.29, 0.717) is 6.54 Å². The van der Waals surface area contributed by atoms with Crippen LogP contribution in [0.25, 0.3) is 11.1 Å². The Kier molecular flexibility index (Phi) is 3.29. The van der Waals surface area contributed by atoms with Gasteiger partial charge in [0.1, 0.15) is 0 Å². The van der Waals surface area contributed by atoms with E-state index in [4.69, 9.17) is 5.73 Å². The van der Waals surface area contributed by atoms with Gasteiger partial charge in [0.2, 0.25) is 0 Å². The molecule has 0 fully saturated rings. The minimum atomic E-state index is 0.618. The molecule has 0 saturated carbocycles. The van der Waals surface area contributed by atoms with Gasteiger partial charge in [-0.05, 0) is 37.5 Å². The highest BCUT2D eigenvalue weighted by Gasteiger charge is 2.10. The van der Waals surface area contributed by atoms with Crippen LogP contribution in [0.15, 0.2) is 24.4 Å². The fourth-order valence-electron chi connectivity index (χ4n) is 2.07. The monoisotopic (exact) mass is 229 g/mol. The predicted molar refractivity (Wildman–Crippen MR) is 70.9 cm³/mol. The van der Waals surface area contributed by atoms with E-state index in [9.17, 15) is 0 Å². The third-order valence-electron chi connectivity index (χ3n) is 3.20. The normalized spacial score (nSPS) is 10.8. The average molecular weight is 229 g/mol. The van der Waals surface area contributed by atoms with Gasteiger partial charge >= 0.3 is 0 Å². The largest absolute Gasteiger partial charge is 0.329 e. The van der Waals surface area contributed by atoms with Crippen LogP contribution in [0.5, 0.6) is 0 Å². The highest BCUT2D eigenvalue weighted by Crippen LogP contribution is 2.27. The van der Waals surface area contributed by atoms with Gasteiger partial charge < -0.3 is 5.73 Å². The van der Waals surface area contributed by atoms with E-state index in [-0.39, 0.29) is 0 Å². The summed E-state index contributed by atoms with van der Waals surface area (Å²) in [6.07, 6.45) is 2.09. The second-order valence-electron chi connectivity index (χ2n) is 4.43. The molecule has 0 spiro atoms. The Hall–Kier alpha value is -1.61. The Morgan fingerprint density at radius 1 is 1.18 bits per heavy atom. The second kappa shape index (κ2) is 4.72. The molecule has 0 saturated heterocycles. The van der Waals surface area contributed by atoms with Crippen molar-refractivity contribution in [1.29, 1.82) is 0 Å². The van der Waals surface area contributed by atoms with Crippen LogP contribution in [0.2, 0.25) is 0 Å². The molecule has 3 nitrogen and oxygen atoms in total. The summed E-state index contributed by atoms with van der Waals surface area (Å²) >= 11 is 0. The van der Waals surface area contributed by atoms with Crippen LogP contribution in [0, 0.1) is 20.8 Å². The minimum absolute atomic E-state index is 0.618. The van der Waals surface area contributed by atoms with Crippen LogP contribution >= 0.6 is 0 Å². The van der Waals surface area contributed by atoms with Crippen LogP contribution in [-0.4, -0.2) is 16.3 Å². The van der Waals surface area contributed by atoms with E-state index in [0.717, 1.165) is 12.2 Å². The van der Waals surface area contributed by atoms with E-state index in [1.54, 1.807) is 0 Å². The summed E-state index contributed by atoms with van der Waals surface area (Å²) in [6, 6.07) is 6.38. The lowest BCUT2D eigenvalue weighted by Crippen LogP contribution is -2.10. The molecule has 1 aromatic heterocycles. The van der Waals surface area contributed by atoms with Crippen LogP contribution in [0.4, 0.5) is 0 Å². The number of rotatable bonds is 3. The fourth-order valence-corrected chi connectivity index (χ4v) is 2.07. The second-order valence-corrected chi connectivity index (χ2v) is 4.43. The predicted octanol–water partition coefficient (Wildman–Crippen LogP) is 2.43. The SMILES string of the molecule is Cc1cccc(-c2cn(CCN)nc2C)c1C. The van der Waals surface area contributed by atoms with Gasteiger partial charge in [-0.3, -0.25) is 4.68 Å². The van der Waals surface area contributed by atoms with Gasteiger partial charge in [-0.25, -0.2) is 0 Å². The molecule has 1 aromatic carbocycles. The number of aryl methyl sites for hydroxylation is 2. The van der Waals surface area contributed by atoms with Gasteiger partial charge in [0.25, 0.3) is 0 Å². The molecule has 0 aliphatic heterocycles. The molecular formula is C14H19N3. The van der Waals surface area contributed by atoms with Crippen molar-refractivity contribution < 1.29 is 0 Å². The molecule has 1 heterocycles. The first kappa shape index (κ1) is 11.9. The van der Waals surface area contributed by atoms with E-state index in [1.165, 1.54) is 22.3 Å². The molecule has 2 aromatic rings. The smallest absolute Gasteiger partial charge is 0.0672 e. The highest BCUT2D eigenvalue weighted by atomic mass is 15.3. The Balaban J connectivity index is 2.49. The summed E-state index contributed by atoms with van der Waals surface area (Å²) in [6.45, 7) is 7.73. The van der Waals surface area contributed by atoms with Crippen LogP contribution in [0.3, 0.4) is 0 Å². The molecule has 90 valence electrons. The lowest BCUT2D eigenvalue weighted by molar-refractivity contribution is 0.620. The van der Waals surface area contributed by atoms with E-state index < -0.39 is 0 Å². The summed E-state index contributed by atoms with van der Waals surface area (Å²) in [5, 5.41) is 4.48. The lowest BCUT2D eigenvalue weighted by atomic mass is 9.98. The van der Waals surface area contributed by atoms with Crippen LogP contribution < -0.4 is 5.73 Å². The van der Waals surface area contributed by atoms with Crippen molar-refractivity contribution in [2.45, 2.75) is 27.3 Å². The van der Waals surface area contributed by atoms with Gasteiger partial charge in [-0.1, -0.05) is 18.2 Å². The molecule has 2 N–H and O–H groups in total. The lowest BCUT2D eigenvalue weighted by Gasteiger charge is -2.07. The summed E-state index contributed by atoms with van der Waals surface area (Å²) in [7, 11) is 0. The molecule has 0 atom stereocenters. The summed E-state index contributed by atoms with van der Waals surface area (Å²) in [5.74, 6) is 0. The molecule has 0 unspecified atom stereocenters. The topological polar surface area (TPSA) is 43.8 Å². The first-order valence-corrected chi connectivity index (χ1v) is 5.94. The zero-order chi connectivity index (χ0) is 12.4. The van der Waals surface area contributed by atoms with Crippen molar-refractivity contribution in [3.63, 3.8) is 0 Å². The number of benzene rings is 1. The molecular weight excluding hydrogens is 210 g/mol. The summed E-state index contributed by atoms with van der Waals surface area (Å²) < 4.78 is 1.92. The Morgan fingerprint density at radius 2 is 1.94 bits per heavy atom. The third kappa shape index (κ3) is 2.24. The molecule has 2 rings (SSSR count). The third-order valence-corrected chi connectivity index (χ3v) is 3.20. The Labute approximate surface area is 102 Å². The zero-order valence-corrected chi connectivity index (χ0v) is 10.7. The molecule has 3 heteroatoms. The standard InChI is InChI=1S/C14H19N3/c1-10-5-4-6-13(11(10)2)14-9-17(8-7-15)16-12(14)3/h4-6,9H,7-8,15H2,1-3H3. The van der Waals surface area contributed by atoms with Crippen molar-refractivity contribution in [1.82, 2.24) is 9.78 Å². The number of aromatic nitrogens is 2. The average Bonchev–Trinajstić information content (AvgIpc) is 2.64. The molecule has 0 amide bonds. The highest BCUT2D eigenvalue weighted by molar-refractivity contribution is 5.69. The maximum atomic E-state index is 5.55. The van der Waals surface area contributed by atoms with Crippen molar-refractivity contribution in [2.75, 3.05) is 6.54 Å². The van der Waals surface area contributed by atoms with E-state index in [2.05, 4.69) is 43.3 Å². The Morgan fingerprint density at radius 3 is 2.65 bits per heavy atom. The van der Waals surface area contributed by atoms with Gasteiger partial charge in [0.05, 0.1) is 12.2 Å². The zero-order valence-electron chi connectivity index (χ0n) is 10.7. The quantitative estimate of drug-likeness (QED) is 0.878. The molecule has 0 aliphatic rings. The van der Waals surface area contributed by atoms with Crippen LogP contribution in [0.1, 0.15) is 16.8 Å². The number of hydrogen-bond donors (Lipinski definition) is 1. The van der Waals surface area contributed by atoms with Gasteiger partial charge in [0.15, 0.2) is 0 Å². The fraction of sp³-hybridized carbons (Fsp3) is 0.357. The number of hydrogen-bond acceptors (Lipinski definition) is 2. The minimum Gasteiger partial charge on any atom is -0.329 e. The van der Waals surface area contributed by atoms with Crippen molar-refractivity contribution in [3.8, 4) is 11.1 Å². The Bertz CT molecular complexity index is 526. The van der Waals surface area contributed by atoms with Crippen molar-refractivity contribution in [2.24, 2.45) is 5.73 Å². The molecule has 0 bridgehead atoms. The van der Waals surface area contributed by atoms with Gasteiger partial charge in [-0.15, -0.1) is 0 Å². The maximum absolute atomic E-state index is 5.55. The van der Waals surface area contributed by atoms with Crippen LogP contribution in [-0.2, 0) is 6.54 Å². The molecule has 0 radical (unpaired) electrons. The number of nitrogens with two attached hydrogens (primary N) is 1. The van der Waals surface area contributed by atoms with E-state index in [1.807, 2.05) is 11.6 Å². The van der Waals surface area contributed by atoms with Gasteiger partial charge in [0, 0.05) is 18.3 Å². The first-order valence-electron chi connectivity index (χ1n) is 5.94. The van der Waals surface area contributed by atoms with Gasteiger partial charge in [-0.2, -0.15) is 5.10 Å². The number of nitrogens with zero attached hydrogens (tertiary/aromatic N) is 2.